The highest BCUT2D eigenvalue weighted by molar-refractivity contribution is 9.10. The van der Waals surface area contributed by atoms with Gasteiger partial charge in [-0.2, -0.15) is 0 Å². The molecule has 4 nitrogen and oxygen atoms in total. The van der Waals surface area contributed by atoms with Gasteiger partial charge in [-0.05, 0) is 46.6 Å². The molecule has 0 saturated heterocycles. The molecule has 1 aromatic carbocycles. The van der Waals surface area contributed by atoms with E-state index in [4.69, 9.17) is 23.2 Å². The Hall–Kier alpha value is -1.24. The summed E-state index contributed by atoms with van der Waals surface area (Å²) in [6.45, 7) is 1.67. The quantitative estimate of drug-likeness (QED) is 0.849. The molecule has 8 heteroatoms. The van der Waals surface area contributed by atoms with Gasteiger partial charge in [0.25, 0.3) is 5.91 Å². The Morgan fingerprint density at radius 2 is 2.00 bits per heavy atom. The van der Waals surface area contributed by atoms with E-state index in [1.807, 2.05) is 0 Å². The van der Waals surface area contributed by atoms with Crippen molar-refractivity contribution in [2.24, 2.45) is 0 Å². The Morgan fingerprint density at radius 1 is 1.30 bits per heavy atom. The number of carbonyl (C=O) groups is 1. The zero-order valence-electron chi connectivity index (χ0n) is 10.0. The van der Waals surface area contributed by atoms with Crippen molar-refractivity contribution in [2.75, 3.05) is 5.32 Å². The number of hydrogen-bond acceptors (Lipinski definition) is 3. The van der Waals surface area contributed by atoms with Crippen LogP contribution in [0.2, 0.25) is 10.3 Å². The van der Waals surface area contributed by atoms with E-state index in [0.717, 1.165) is 0 Å². The first-order valence-corrected chi connectivity index (χ1v) is 6.89. The number of anilines is 1. The van der Waals surface area contributed by atoms with Gasteiger partial charge in [-0.25, -0.2) is 4.39 Å². The van der Waals surface area contributed by atoms with Crippen molar-refractivity contribution in [1.82, 2.24) is 10.2 Å². The molecule has 0 aliphatic heterocycles. The molecule has 0 spiro atoms. The summed E-state index contributed by atoms with van der Waals surface area (Å²) in [5, 5.41) is 9.67. The van der Waals surface area contributed by atoms with E-state index in [9.17, 15) is 9.18 Å². The minimum absolute atomic E-state index is 0.0524. The summed E-state index contributed by atoms with van der Waals surface area (Å²) in [6.07, 6.45) is 0. The minimum Gasteiger partial charge on any atom is -0.322 e. The van der Waals surface area contributed by atoms with Gasteiger partial charge in [0.15, 0.2) is 10.3 Å². The molecule has 1 amide bonds. The molecule has 0 atom stereocenters. The molecular formula is C12H7BrCl2FN3O. The lowest BCUT2D eigenvalue weighted by Crippen LogP contribution is -2.14. The molecule has 104 valence electrons. The molecular weight excluding hydrogens is 372 g/mol. The molecule has 2 rings (SSSR count). The fraction of sp³-hybridized carbons (Fsp3) is 0.0833. The summed E-state index contributed by atoms with van der Waals surface area (Å²) in [4.78, 5) is 12.1. The molecule has 0 aliphatic rings. The standard InChI is InChI=1S/C12H7BrCl2FN3O/c1-5-2-8(16)7(13)4-9(5)17-12(20)6-3-10(14)18-19-11(6)15/h2-4H,1H3,(H,17,20). The maximum absolute atomic E-state index is 13.3. The maximum Gasteiger partial charge on any atom is 0.258 e. The van der Waals surface area contributed by atoms with Crippen LogP contribution in [0.15, 0.2) is 22.7 Å². The number of nitrogens with zero attached hydrogens (tertiary/aromatic N) is 2. The molecule has 1 aromatic heterocycles. The van der Waals surface area contributed by atoms with E-state index in [-0.39, 0.29) is 20.3 Å². The monoisotopic (exact) mass is 377 g/mol. The fourth-order valence-electron chi connectivity index (χ4n) is 1.48. The van der Waals surface area contributed by atoms with E-state index < -0.39 is 11.7 Å². The smallest absolute Gasteiger partial charge is 0.258 e. The molecule has 1 N–H and O–H groups in total. The van der Waals surface area contributed by atoms with Crippen molar-refractivity contribution < 1.29 is 9.18 Å². The summed E-state index contributed by atoms with van der Waals surface area (Å²) >= 11 is 14.5. The molecule has 20 heavy (non-hydrogen) atoms. The van der Waals surface area contributed by atoms with E-state index in [1.54, 1.807) is 6.92 Å². The summed E-state index contributed by atoms with van der Waals surface area (Å²) in [6, 6.07) is 4.08. The Bertz CT molecular complexity index is 697. The van der Waals surface area contributed by atoms with E-state index in [0.29, 0.717) is 11.3 Å². The summed E-state index contributed by atoms with van der Waals surface area (Å²) < 4.78 is 13.6. The average Bonchev–Trinajstić information content (AvgIpc) is 2.38. The first kappa shape index (κ1) is 15.2. The number of carbonyl (C=O) groups excluding carboxylic acids is 1. The predicted octanol–water partition coefficient (Wildman–Crippen LogP) is 4.25. The second kappa shape index (κ2) is 6.03. The zero-order chi connectivity index (χ0) is 14.9. The molecule has 1 heterocycles. The van der Waals surface area contributed by atoms with Gasteiger partial charge in [-0.1, -0.05) is 23.2 Å². The van der Waals surface area contributed by atoms with Crippen molar-refractivity contribution >= 4 is 50.7 Å². The van der Waals surface area contributed by atoms with Crippen LogP contribution in [0.4, 0.5) is 10.1 Å². The lowest BCUT2D eigenvalue weighted by molar-refractivity contribution is 0.102. The lowest BCUT2D eigenvalue weighted by Gasteiger charge is -2.10. The van der Waals surface area contributed by atoms with Gasteiger partial charge >= 0.3 is 0 Å². The van der Waals surface area contributed by atoms with Crippen LogP contribution in [0.1, 0.15) is 15.9 Å². The average molecular weight is 379 g/mol. The second-order valence-corrected chi connectivity index (χ2v) is 5.51. The van der Waals surface area contributed by atoms with Gasteiger partial charge in [0, 0.05) is 5.69 Å². The fourth-order valence-corrected chi connectivity index (χ4v) is 2.15. The third-order valence-corrected chi connectivity index (χ3v) is 3.55. The Morgan fingerprint density at radius 3 is 2.70 bits per heavy atom. The van der Waals surface area contributed by atoms with E-state index >= 15 is 0 Å². The number of halogens is 4. The van der Waals surface area contributed by atoms with Gasteiger partial charge in [0.05, 0.1) is 10.0 Å². The van der Waals surface area contributed by atoms with Crippen LogP contribution in [-0.4, -0.2) is 16.1 Å². The van der Waals surface area contributed by atoms with Crippen LogP contribution in [0, 0.1) is 12.7 Å². The predicted molar refractivity (Wildman–Crippen MR) is 78.8 cm³/mol. The SMILES string of the molecule is Cc1cc(F)c(Br)cc1NC(=O)c1cc(Cl)nnc1Cl. The first-order chi connectivity index (χ1) is 9.38. The topological polar surface area (TPSA) is 54.9 Å². The number of aryl methyl sites for hydroxylation is 1. The van der Waals surface area contributed by atoms with Crippen LogP contribution >= 0.6 is 39.1 Å². The normalized spacial score (nSPS) is 10.4. The number of aromatic nitrogens is 2. The third-order valence-electron chi connectivity index (χ3n) is 2.48. The van der Waals surface area contributed by atoms with Gasteiger partial charge in [-0.15, -0.1) is 10.2 Å². The molecule has 0 saturated carbocycles. The Kier molecular flexibility index (Phi) is 4.57. The molecule has 0 unspecified atom stereocenters. The van der Waals surface area contributed by atoms with Crippen LogP contribution in [0.25, 0.3) is 0 Å². The van der Waals surface area contributed by atoms with Gasteiger partial charge in [-0.3, -0.25) is 4.79 Å². The van der Waals surface area contributed by atoms with Crippen molar-refractivity contribution in [1.29, 1.82) is 0 Å². The third kappa shape index (κ3) is 3.26. The van der Waals surface area contributed by atoms with Crippen LogP contribution in [0.3, 0.4) is 0 Å². The molecule has 0 bridgehead atoms. The highest BCUT2D eigenvalue weighted by Gasteiger charge is 2.15. The Labute approximate surface area is 132 Å². The van der Waals surface area contributed by atoms with E-state index in [2.05, 4.69) is 31.4 Å². The van der Waals surface area contributed by atoms with Crippen LogP contribution in [-0.2, 0) is 0 Å². The number of hydrogen-bond donors (Lipinski definition) is 1. The van der Waals surface area contributed by atoms with Crippen molar-refractivity contribution in [3.63, 3.8) is 0 Å². The van der Waals surface area contributed by atoms with Crippen LogP contribution < -0.4 is 5.32 Å². The number of benzene rings is 1. The molecule has 2 aromatic rings. The van der Waals surface area contributed by atoms with Crippen molar-refractivity contribution in [2.45, 2.75) is 6.92 Å². The molecule has 0 aliphatic carbocycles. The van der Waals surface area contributed by atoms with Crippen LogP contribution in [0.5, 0.6) is 0 Å². The number of nitrogens with one attached hydrogen (secondary N) is 1. The van der Waals surface area contributed by atoms with Gasteiger partial charge in [0.2, 0.25) is 0 Å². The second-order valence-electron chi connectivity index (χ2n) is 3.91. The summed E-state index contributed by atoms with van der Waals surface area (Å²) in [5.74, 6) is -0.916. The summed E-state index contributed by atoms with van der Waals surface area (Å²) in [7, 11) is 0. The first-order valence-electron chi connectivity index (χ1n) is 5.34. The van der Waals surface area contributed by atoms with Crippen molar-refractivity contribution in [3.05, 3.63) is 49.9 Å². The molecule has 0 radical (unpaired) electrons. The van der Waals surface area contributed by atoms with Gasteiger partial charge in [0.1, 0.15) is 5.82 Å². The highest BCUT2D eigenvalue weighted by atomic mass is 79.9. The molecule has 0 fully saturated rings. The summed E-state index contributed by atoms with van der Waals surface area (Å²) in [5.41, 5.74) is 1.11. The highest BCUT2D eigenvalue weighted by Crippen LogP contribution is 2.25. The number of rotatable bonds is 2. The van der Waals surface area contributed by atoms with Gasteiger partial charge < -0.3 is 5.32 Å². The lowest BCUT2D eigenvalue weighted by atomic mass is 10.2. The number of amides is 1. The zero-order valence-corrected chi connectivity index (χ0v) is 13.1. The minimum atomic E-state index is -0.506. The van der Waals surface area contributed by atoms with E-state index in [1.165, 1.54) is 18.2 Å². The Balaban J connectivity index is 2.32. The largest absolute Gasteiger partial charge is 0.322 e. The maximum atomic E-state index is 13.3. The van der Waals surface area contributed by atoms with Crippen molar-refractivity contribution in [3.8, 4) is 0 Å².